The number of hydrogen-bond acceptors (Lipinski definition) is 3. The van der Waals surface area contributed by atoms with Crippen LogP contribution in [-0.4, -0.2) is 39.0 Å². The molecule has 22 heavy (non-hydrogen) atoms. The van der Waals surface area contributed by atoms with Crippen LogP contribution in [0.2, 0.25) is 0 Å². The van der Waals surface area contributed by atoms with Gasteiger partial charge in [-0.05, 0) is 45.1 Å². The third-order valence-corrected chi connectivity index (χ3v) is 5.55. The van der Waals surface area contributed by atoms with Gasteiger partial charge in [-0.3, -0.25) is 9.58 Å². The molecule has 0 radical (unpaired) electrons. The number of rotatable bonds is 4. The highest BCUT2D eigenvalue weighted by atomic mass is 16.3. The Hall–Kier alpha value is -0.870. The van der Waals surface area contributed by atoms with Crippen LogP contribution in [0.4, 0.5) is 0 Å². The second-order valence-corrected chi connectivity index (χ2v) is 7.43. The molecule has 2 fully saturated rings. The summed E-state index contributed by atoms with van der Waals surface area (Å²) in [7, 11) is 2.05. The number of aromatic nitrogens is 2. The van der Waals surface area contributed by atoms with Gasteiger partial charge in [0.05, 0.1) is 11.8 Å². The Morgan fingerprint density at radius 1 is 1.23 bits per heavy atom. The van der Waals surface area contributed by atoms with E-state index in [1.807, 2.05) is 18.7 Å². The summed E-state index contributed by atoms with van der Waals surface area (Å²) in [5.74, 6) is 1.10. The fourth-order valence-corrected chi connectivity index (χ4v) is 4.27. The van der Waals surface area contributed by atoms with Gasteiger partial charge in [-0.1, -0.05) is 19.3 Å². The van der Waals surface area contributed by atoms with E-state index in [1.165, 1.54) is 49.8 Å². The zero-order valence-corrected chi connectivity index (χ0v) is 14.2. The van der Waals surface area contributed by atoms with Crippen LogP contribution in [0.1, 0.15) is 69.0 Å². The molecule has 3 rings (SSSR count). The van der Waals surface area contributed by atoms with Gasteiger partial charge in [0, 0.05) is 37.8 Å². The van der Waals surface area contributed by atoms with Crippen molar-refractivity contribution < 1.29 is 5.11 Å². The number of piperidine rings is 1. The fourth-order valence-electron chi connectivity index (χ4n) is 4.27. The molecule has 0 amide bonds. The number of aliphatic hydroxyl groups is 1. The molecule has 124 valence electrons. The summed E-state index contributed by atoms with van der Waals surface area (Å²) in [6, 6.07) is 0. The molecule has 1 aromatic heterocycles. The smallest absolute Gasteiger partial charge is 0.0700 e. The largest absolute Gasteiger partial charge is 0.393 e. The summed E-state index contributed by atoms with van der Waals surface area (Å²) in [5, 5.41) is 14.7. The average Bonchev–Trinajstić information content (AvgIpc) is 2.89. The summed E-state index contributed by atoms with van der Waals surface area (Å²) in [5.41, 5.74) is 2.77. The number of hydrogen-bond donors (Lipinski definition) is 1. The van der Waals surface area contributed by atoms with Crippen LogP contribution in [0.15, 0.2) is 6.20 Å². The maximum atomic E-state index is 9.88. The van der Waals surface area contributed by atoms with E-state index < -0.39 is 0 Å². The highest BCUT2D eigenvalue weighted by Gasteiger charge is 2.26. The van der Waals surface area contributed by atoms with Crippen molar-refractivity contribution in [2.45, 2.75) is 70.4 Å². The number of nitrogens with zero attached hydrogens (tertiary/aromatic N) is 3. The molecule has 0 spiro atoms. The molecule has 0 bridgehead atoms. The van der Waals surface area contributed by atoms with E-state index in [0.29, 0.717) is 11.8 Å². The van der Waals surface area contributed by atoms with E-state index in [4.69, 9.17) is 5.10 Å². The molecule has 1 saturated carbocycles. The highest BCUT2D eigenvalue weighted by Crippen LogP contribution is 2.34. The van der Waals surface area contributed by atoms with Crippen molar-refractivity contribution in [2.75, 3.05) is 13.1 Å². The Balaban J connectivity index is 1.69. The molecule has 2 atom stereocenters. The molecule has 1 N–H and O–H groups in total. The maximum absolute atomic E-state index is 9.88. The van der Waals surface area contributed by atoms with Crippen LogP contribution < -0.4 is 0 Å². The second kappa shape index (κ2) is 7.14. The van der Waals surface area contributed by atoms with Crippen LogP contribution >= 0.6 is 0 Å². The Morgan fingerprint density at radius 3 is 2.73 bits per heavy atom. The van der Waals surface area contributed by atoms with E-state index in [2.05, 4.69) is 11.1 Å². The molecule has 4 nitrogen and oxygen atoms in total. The van der Waals surface area contributed by atoms with Gasteiger partial charge >= 0.3 is 0 Å². The Labute approximate surface area is 134 Å². The maximum Gasteiger partial charge on any atom is 0.0700 e. The normalized spacial score (nSPS) is 26.2. The third-order valence-electron chi connectivity index (χ3n) is 5.55. The first kappa shape index (κ1) is 16.0. The van der Waals surface area contributed by atoms with Gasteiger partial charge in [-0.25, -0.2) is 0 Å². The van der Waals surface area contributed by atoms with Crippen LogP contribution in [-0.2, 0) is 13.6 Å². The van der Waals surface area contributed by atoms with E-state index in [0.717, 1.165) is 26.1 Å². The monoisotopic (exact) mass is 305 g/mol. The molecule has 1 aromatic rings. The van der Waals surface area contributed by atoms with Crippen molar-refractivity contribution in [3.63, 3.8) is 0 Å². The Bertz CT molecular complexity index is 477. The zero-order valence-electron chi connectivity index (χ0n) is 14.2. The zero-order chi connectivity index (χ0) is 15.5. The lowest BCUT2D eigenvalue weighted by Gasteiger charge is -2.34. The van der Waals surface area contributed by atoms with Gasteiger partial charge < -0.3 is 5.11 Å². The molecule has 2 heterocycles. The summed E-state index contributed by atoms with van der Waals surface area (Å²) < 4.78 is 2.00. The number of aryl methyl sites for hydroxylation is 1. The third kappa shape index (κ3) is 3.72. The molecule has 1 saturated heterocycles. The standard InChI is InChI=1S/C18H31N3O/c1-14(22)16-9-6-10-21(12-16)13-17-11-20(2)19-18(17)15-7-4-3-5-8-15/h11,14-16,22H,3-10,12-13H2,1-2H3. The van der Waals surface area contributed by atoms with Crippen molar-refractivity contribution in [1.29, 1.82) is 0 Å². The van der Waals surface area contributed by atoms with Crippen molar-refractivity contribution in [3.05, 3.63) is 17.5 Å². The van der Waals surface area contributed by atoms with Gasteiger partial charge in [-0.2, -0.15) is 5.10 Å². The van der Waals surface area contributed by atoms with Crippen LogP contribution in [0.25, 0.3) is 0 Å². The molecule has 1 aliphatic heterocycles. The molecule has 4 heteroatoms. The lowest BCUT2D eigenvalue weighted by Crippen LogP contribution is -2.39. The van der Waals surface area contributed by atoms with Crippen molar-refractivity contribution in [3.8, 4) is 0 Å². The summed E-state index contributed by atoms with van der Waals surface area (Å²) >= 11 is 0. The lowest BCUT2D eigenvalue weighted by atomic mass is 9.85. The molecular weight excluding hydrogens is 274 g/mol. The molecule has 2 aliphatic rings. The molecule has 2 unspecified atom stereocenters. The SMILES string of the molecule is CC(O)C1CCCN(Cc2cn(C)nc2C2CCCCC2)C1. The molecule has 1 aliphatic carbocycles. The Kier molecular flexibility index (Phi) is 5.19. The molecular formula is C18H31N3O. The average molecular weight is 305 g/mol. The predicted molar refractivity (Wildman–Crippen MR) is 88.7 cm³/mol. The second-order valence-electron chi connectivity index (χ2n) is 7.43. The number of aliphatic hydroxyl groups excluding tert-OH is 1. The van der Waals surface area contributed by atoms with Crippen LogP contribution in [0, 0.1) is 5.92 Å². The van der Waals surface area contributed by atoms with E-state index in [9.17, 15) is 5.11 Å². The van der Waals surface area contributed by atoms with E-state index in [-0.39, 0.29) is 6.10 Å². The first-order chi connectivity index (χ1) is 10.6. The van der Waals surface area contributed by atoms with Gasteiger partial charge in [0.15, 0.2) is 0 Å². The predicted octanol–water partition coefficient (Wildman–Crippen LogP) is 3.06. The summed E-state index contributed by atoms with van der Waals surface area (Å²) in [6.45, 7) is 5.12. The molecule has 0 aromatic carbocycles. The minimum absolute atomic E-state index is 0.186. The minimum atomic E-state index is -0.186. The van der Waals surface area contributed by atoms with E-state index in [1.54, 1.807) is 0 Å². The highest BCUT2D eigenvalue weighted by molar-refractivity contribution is 5.21. The first-order valence-electron chi connectivity index (χ1n) is 9.06. The lowest BCUT2D eigenvalue weighted by molar-refractivity contribution is 0.0597. The Morgan fingerprint density at radius 2 is 2.00 bits per heavy atom. The van der Waals surface area contributed by atoms with Crippen molar-refractivity contribution >= 4 is 0 Å². The summed E-state index contributed by atoms with van der Waals surface area (Å²) in [4.78, 5) is 2.52. The van der Waals surface area contributed by atoms with Crippen LogP contribution in [0.5, 0.6) is 0 Å². The summed E-state index contributed by atoms with van der Waals surface area (Å²) in [6.07, 6.45) is 11.1. The topological polar surface area (TPSA) is 41.3 Å². The van der Waals surface area contributed by atoms with Gasteiger partial charge in [0.1, 0.15) is 0 Å². The quantitative estimate of drug-likeness (QED) is 0.929. The van der Waals surface area contributed by atoms with Crippen molar-refractivity contribution in [1.82, 2.24) is 14.7 Å². The van der Waals surface area contributed by atoms with Crippen LogP contribution in [0.3, 0.4) is 0 Å². The number of likely N-dealkylation sites (tertiary alicyclic amines) is 1. The van der Waals surface area contributed by atoms with E-state index >= 15 is 0 Å². The van der Waals surface area contributed by atoms with Gasteiger partial charge in [0.2, 0.25) is 0 Å². The van der Waals surface area contributed by atoms with Gasteiger partial charge in [0.25, 0.3) is 0 Å². The first-order valence-corrected chi connectivity index (χ1v) is 9.06. The minimum Gasteiger partial charge on any atom is -0.393 e. The fraction of sp³-hybridized carbons (Fsp3) is 0.833. The van der Waals surface area contributed by atoms with Crippen molar-refractivity contribution in [2.24, 2.45) is 13.0 Å². The van der Waals surface area contributed by atoms with Gasteiger partial charge in [-0.15, -0.1) is 0 Å².